The first kappa shape index (κ1) is 19.5. The second-order valence-corrected chi connectivity index (χ2v) is 7.99. The number of aromatic amines is 1. The zero-order valence-electron chi connectivity index (χ0n) is 15.9. The lowest BCUT2D eigenvalue weighted by molar-refractivity contribution is -0.586. The maximum absolute atomic E-state index is 11.9. The lowest BCUT2D eigenvalue weighted by Crippen LogP contribution is -2.30. The first-order valence-corrected chi connectivity index (χ1v) is 10.4. The van der Waals surface area contributed by atoms with Crippen molar-refractivity contribution in [3.63, 3.8) is 0 Å². The Hall–Kier alpha value is -3.21. The van der Waals surface area contributed by atoms with Crippen LogP contribution in [0, 0.1) is 13.8 Å². The minimum Gasteiger partial charge on any atom is -0.450 e. The molecule has 1 aromatic carbocycles. The van der Waals surface area contributed by atoms with Gasteiger partial charge >= 0.3 is 11.7 Å². The lowest BCUT2D eigenvalue weighted by Gasteiger charge is -2.10. The van der Waals surface area contributed by atoms with Crippen molar-refractivity contribution in [1.82, 2.24) is 15.3 Å². The number of carbonyl (C=O) groups is 1. The molecule has 0 spiro atoms. The second-order valence-electron chi connectivity index (χ2n) is 6.24. The SMILES string of the molecule is CCOC(=O)Nc1cc(-c2ccc(C)c(NS(C)(=O)=O)c2)n[n+]2c(C)[nH]nc12. The van der Waals surface area contributed by atoms with Crippen LogP contribution >= 0.6 is 0 Å². The van der Waals surface area contributed by atoms with Gasteiger partial charge in [0, 0.05) is 17.6 Å². The molecule has 0 radical (unpaired) electrons. The standard InChI is InChI=1S/C17H20N6O4S/c1-5-27-17(24)18-15-9-14(21-23-11(3)19-20-16(15)23)12-7-6-10(2)13(8-12)22-28(4,25)26/h6-9,22H,5H2,1-4H3,(H,18,21,24)/p+1. The maximum Gasteiger partial charge on any atom is 0.411 e. The molecule has 3 N–H and O–H groups in total. The van der Waals surface area contributed by atoms with E-state index in [4.69, 9.17) is 4.74 Å². The molecule has 0 fully saturated rings. The third-order valence-electron chi connectivity index (χ3n) is 3.91. The number of H-pyrrole nitrogens is 1. The van der Waals surface area contributed by atoms with E-state index in [2.05, 4.69) is 25.3 Å². The van der Waals surface area contributed by atoms with Crippen LogP contribution in [0.25, 0.3) is 16.9 Å². The Labute approximate surface area is 162 Å². The summed E-state index contributed by atoms with van der Waals surface area (Å²) in [6.45, 7) is 5.54. The Kier molecular flexibility index (Phi) is 5.18. The molecule has 0 aliphatic carbocycles. The van der Waals surface area contributed by atoms with Crippen LogP contribution in [0.15, 0.2) is 24.3 Å². The summed E-state index contributed by atoms with van der Waals surface area (Å²) < 4.78 is 32.2. The van der Waals surface area contributed by atoms with Gasteiger partial charge in [0.15, 0.2) is 0 Å². The Bertz CT molecular complexity index is 1160. The molecule has 1 amide bonds. The van der Waals surface area contributed by atoms with Gasteiger partial charge < -0.3 is 4.74 Å². The number of aromatic nitrogens is 4. The molecule has 2 aromatic heterocycles. The second kappa shape index (κ2) is 7.43. The van der Waals surface area contributed by atoms with E-state index in [1.54, 1.807) is 43.5 Å². The molecule has 0 atom stereocenters. The Morgan fingerprint density at radius 3 is 2.68 bits per heavy atom. The van der Waals surface area contributed by atoms with E-state index in [1.165, 1.54) is 0 Å². The maximum atomic E-state index is 11.9. The summed E-state index contributed by atoms with van der Waals surface area (Å²) in [5.41, 5.74) is 3.24. The first-order chi connectivity index (χ1) is 13.2. The first-order valence-electron chi connectivity index (χ1n) is 8.48. The smallest absolute Gasteiger partial charge is 0.411 e. The summed E-state index contributed by atoms with van der Waals surface area (Å²) in [4.78, 5) is 11.9. The van der Waals surface area contributed by atoms with Crippen molar-refractivity contribution in [3.8, 4) is 11.3 Å². The van der Waals surface area contributed by atoms with Gasteiger partial charge in [-0.2, -0.15) is 0 Å². The molecule has 10 nitrogen and oxygen atoms in total. The topological polar surface area (TPSA) is 130 Å². The molecule has 0 unspecified atom stereocenters. The van der Waals surface area contributed by atoms with Crippen LogP contribution in [0.2, 0.25) is 0 Å². The molecule has 148 valence electrons. The average Bonchev–Trinajstić information content (AvgIpc) is 2.97. The number of anilines is 2. The van der Waals surface area contributed by atoms with Crippen LogP contribution in [0.5, 0.6) is 0 Å². The molecular formula is C17H21N6O4S+. The number of hydrogen-bond acceptors (Lipinski definition) is 6. The van der Waals surface area contributed by atoms with Crippen LogP contribution in [0.3, 0.4) is 0 Å². The van der Waals surface area contributed by atoms with Crippen molar-refractivity contribution in [2.24, 2.45) is 0 Å². The van der Waals surface area contributed by atoms with E-state index >= 15 is 0 Å². The predicted octanol–water partition coefficient (Wildman–Crippen LogP) is 1.77. The van der Waals surface area contributed by atoms with Crippen LogP contribution in [-0.2, 0) is 14.8 Å². The molecule has 0 saturated heterocycles. The molecule has 11 heteroatoms. The van der Waals surface area contributed by atoms with Gasteiger partial charge in [-0.1, -0.05) is 16.6 Å². The van der Waals surface area contributed by atoms with E-state index in [-0.39, 0.29) is 6.61 Å². The van der Waals surface area contributed by atoms with Gasteiger partial charge in [-0.15, -0.1) is 10.2 Å². The number of ether oxygens (including phenoxy) is 1. The van der Waals surface area contributed by atoms with Gasteiger partial charge in [0.25, 0.3) is 5.82 Å². The van der Waals surface area contributed by atoms with Gasteiger partial charge in [-0.3, -0.25) is 10.0 Å². The molecule has 0 saturated carbocycles. The van der Waals surface area contributed by atoms with E-state index in [0.29, 0.717) is 34.1 Å². The van der Waals surface area contributed by atoms with E-state index < -0.39 is 16.1 Å². The quantitative estimate of drug-likeness (QED) is 0.555. The summed E-state index contributed by atoms with van der Waals surface area (Å²) in [7, 11) is -3.43. The number of benzene rings is 1. The predicted molar refractivity (Wildman–Crippen MR) is 104 cm³/mol. The monoisotopic (exact) mass is 405 g/mol. The van der Waals surface area contributed by atoms with Gasteiger partial charge in [-0.25, -0.2) is 13.2 Å². The Morgan fingerprint density at radius 2 is 2.00 bits per heavy atom. The number of nitrogens with one attached hydrogen (secondary N) is 3. The summed E-state index contributed by atoms with van der Waals surface area (Å²) >= 11 is 0. The highest BCUT2D eigenvalue weighted by Crippen LogP contribution is 2.26. The number of aryl methyl sites for hydroxylation is 2. The molecule has 0 aliphatic heterocycles. The fourth-order valence-corrected chi connectivity index (χ4v) is 3.24. The van der Waals surface area contributed by atoms with Crippen LogP contribution < -0.4 is 14.6 Å². The zero-order valence-corrected chi connectivity index (χ0v) is 16.7. The van der Waals surface area contributed by atoms with Gasteiger partial charge in [0.1, 0.15) is 11.4 Å². The van der Waals surface area contributed by atoms with E-state index in [1.807, 2.05) is 6.07 Å². The van der Waals surface area contributed by atoms with Crippen molar-refractivity contribution in [2.75, 3.05) is 22.9 Å². The Balaban J connectivity index is 2.11. The number of rotatable bonds is 5. The summed E-state index contributed by atoms with van der Waals surface area (Å²) in [5.74, 6) is 0.658. The molecule has 3 aromatic rings. The number of nitrogens with zero attached hydrogens (tertiary/aromatic N) is 3. The van der Waals surface area contributed by atoms with Crippen molar-refractivity contribution < 1.29 is 22.5 Å². The minimum atomic E-state index is -3.43. The van der Waals surface area contributed by atoms with Crippen molar-refractivity contribution in [3.05, 3.63) is 35.7 Å². The number of fused-ring (bicyclic) bond motifs is 1. The largest absolute Gasteiger partial charge is 0.450 e. The highest BCUT2D eigenvalue weighted by Gasteiger charge is 2.21. The number of sulfonamides is 1. The molecule has 28 heavy (non-hydrogen) atoms. The fourth-order valence-electron chi connectivity index (χ4n) is 2.62. The third kappa shape index (κ3) is 4.19. The normalized spacial score (nSPS) is 11.4. The third-order valence-corrected chi connectivity index (χ3v) is 4.50. The fraction of sp³-hybridized carbons (Fsp3) is 0.294. The molecular weight excluding hydrogens is 384 g/mol. The van der Waals surface area contributed by atoms with Crippen molar-refractivity contribution >= 4 is 33.1 Å². The summed E-state index contributed by atoms with van der Waals surface area (Å²) in [5, 5.41) is 14.2. The number of hydrogen-bond donors (Lipinski definition) is 3. The highest BCUT2D eigenvalue weighted by molar-refractivity contribution is 7.92. The van der Waals surface area contributed by atoms with Gasteiger partial charge in [-0.05, 0) is 31.5 Å². The summed E-state index contributed by atoms with van der Waals surface area (Å²) in [6, 6.07) is 6.96. The summed E-state index contributed by atoms with van der Waals surface area (Å²) in [6.07, 6.45) is 0.487. The molecule has 2 heterocycles. The minimum absolute atomic E-state index is 0.234. The van der Waals surface area contributed by atoms with Crippen LogP contribution in [-0.4, -0.2) is 42.7 Å². The number of amides is 1. The number of carbonyl (C=O) groups excluding carboxylic acids is 1. The lowest BCUT2D eigenvalue weighted by atomic mass is 10.1. The Morgan fingerprint density at radius 1 is 1.25 bits per heavy atom. The van der Waals surface area contributed by atoms with E-state index in [9.17, 15) is 13.2 Å². The van der Waals surface area contributed by atoms with Crippen LogP contribution in [0.1, 0.15) is 18.3 Å². The molecule has 0 bridgehead atoms. The van der Waals surface area contributed by atoms with Crippen molar-refractivity contribution in [1.29, 1.82) is 0 Å². The average molecular weight is 405 g/mol. The van der Waals surface area contributed by atoms with E-state index in [0.717, 1.165) is 11.8 Å². The van der Waals surface area contributed by atoms with Crippen LogP contribution in [0.4, 0.5) is 16.2 Å². The molecule has 3 rings (SSSR count). The van der Waals surface area contributed by atoms with Gasteiger partial charge in [0.2, 0.25) is 10.0 Å². The zero-order chi connectivity index (χ0) is 20.5. The highest BCUT2D eigenvalue weighted by atomic mass is 32.2. The van der Waals surface area contributed by atoms with Gasteiger partial charge in [0.05, 0.1) is 18.6 Å². The molecule has 0 aliphatic rings. The van der Waals surface area contributed by atoms with Crippen molar-refractivity contribution in [2.45, 2.75) is 20.8 Å².